The second-order valence-electron chi connectivity index (χ2n) is 6.94. The maximum Gasteiger partial charge on any atom is 0.240 e. The van der Waals surface area contributed by atoms with Gasteiger partial charge in [-0.2, -0.15) is 0 Å². The molecule has 1 amide bonds. The number of rotatable bonds is 8. The van der Waals surface area contributed by atoms with E-state index in [1.54, 1.807) is 7.11 Å². The Hall–Kier alpha value is -2.07. The number of hydrogen-bond acceptors (Lipinski definition) is 8. The van der Waals surface area contributed by atoms with Gasteiger partial charge in [0.1, 0.15) is 24.0 Å². The van der Waals surface area contributed by atoms with E-state index >= 15 is 0 Å². The highest BCUT2D eigenvalue weighted by Gasteiger charge is 2.31. The maximum atomic E-state index is 12.3. The Kier molecular flexibility index (Phi) is 7.32. The number of para-hydroxylation sites is 1. The number of hydrogen-bond donors (Lipinski definition) is 2. The van der Waals surface area contributed by atoms with Gasteiger partial charge in [0.05, 0.1) is 12.1 Å². The van der Waals surface area contributed by atoms with E-state index in [1.807, 2.05) is 35.2 Å². The molecule has 0 aliphatic carbocycles. The maximum absolute atomic E-state index is 12.3. The Morgan fingerprint density at radius 3 is 2.89 bits per heavy atom. The van der Waals surface area contributed by atoms with Crippen molar-refractivity contribution in [2.75, 3.05) is 38.7 Å². The highest BCUT2D eigenvalue weighted by Crippen LogP contribution is 2.24. The summed E-state index contributed by atoms with van der Waals surface area (Å²) < 4.78 is 10.8. The largest absolute Gasteiger partial charge is 0.491 e. The quantitative estimate of drug-likeness (QED) is 0.691. The van der Waals surface area contributed by atoms with Gasteiger partial charge < -0.3 is 14.6 Å². The third-order valence-electron chi connectivity index (χ3n) is 4.61. The molecule has 8 nitrogen and oxygen atoms in total. The predicted molar refractivity (Wildman–Crippen MR) is 106 cm³/mol. The summed E-state index contributed by atoms with van der Waals surface area (Å²) in [5, 5.41) is 22.7. The Bertz CT molecular complexity index is 757. The molecule has 0 radical (unpaired) electrons. The first-order chi connectivity index (χ1) is 13.6. The third kappa shape index (κ3) is 6.23. The van der Waals surface area contributed by atoms with Gasteiger partial charge >= 0.3 is 0 Å². The van der Waals surface area contributed by atoms with E-state index in [0.717, 1.165) is 23.7 Å². The smallest absolute Gasteiger partial charge is 0.240 e. The molecule has 0 saturated carbocycles. The zero-order valence-corrected chi connectivity index (χ0v) is 16.8. The molecule has 1 aromatic carbocycles. The van der Waals surface area contributed by atoms with E-state index in [2.05, 4.69) is 15.5 Å². The lowest BCUT2D eigenvalue weighted by atomic mass is 9.96. The molecule has 2 aromatic rings. The lowest BCUT2D eigenvalue weighted by Crippen LogP contribution is -2.38. The molecule has 1 saturated heterocycles. The van der Waals surface area contributed by atoms with Gasteiger partial charge in [0.2, 0.25) is 11.0 Å². The molecule has 9 heteroatoms. The molecule has 152 valence electrons. The normalized spacial score (nSPS) is 20.5. The van der Waals surface area contributed by atoms with Crippen LogP contribution in [0.15, 0.2) is 30.3 Å². The number of anilines is 1. The second kappa shape index (κ2) is 9.92. The zero-order valence-electron chi connectivity index (χ0n) is 16.0. The summed E-state index contributed by atoms with van der Waals surface area (Å²) in [7, 11) is 1.59. The number of benzene rings is 1. The molecule has 28 heavy (non-hydrogen) atoms. The summed E-state index contributed by atoms with van der Waals surface area (Å²) in [5.74, 6) is 0.618. The van der Waals surface area contributed by atoms with Crippen LogP contribution in [-0.4, -0.2) is 65.1 Å². The number of carbonyl (C=O) groups is 1. The molecule has 1 fully saturated rings. The minimum absolute atomic E-state index is 0.133. The van der Waals surface area contributed by atoms with Crippen LogP contribution in [0.2, 0.25) is 0 Å². The fourth-order valence-corrected chi connectivity index (χ4v) is 3.85. The van der Waals surface area contributed by atoms with E-state index in [0.29, 0.717) is 31.1 Å². The summed E-state index contributed by atoms with van der Waals surface area (Å²) in [6.07, 6.45) is 2.01. The summed E-state index contributed by atoms with van der Waals surface area (Å²) in [4.78, 5) is 14.3. The van der Waals surface area contributed by atoms with Gasteiger partial charge in [-0.05, 0) is 37.9 Å². The number of likely N-dealkylation sites (tertiary alicyclic amines) is 1. The number of nitrogens with one attached hydrogen (secondary N) is 1. The molecule has 1 aliphatic heterocycles. The Balaban J connectivity index is 1.45. The minimum Gasteiger partial charge on any atom is -0.491 e. The summed E-state index contributed by atoms with van der Waals surface area (Å²) in [5.41, 5.74) is -0.880. The van der Waals surface area contributed by atoms with Crippen molar-refractivity contribution in [1.29, 1.82) is 0 Å². The summed E-state index contributed by atoms with van der Waals surface area (Å²) >= 11 is 1.30. The first-order valence-corrected chi connectivity index (χ1v) is 10.1. The van der Waals surface area contributed by atoms with Crippen LogP contribution in [0.25, 0.3) is 0 Å². The average molecular weight is 407 g/mol. The first kappa shape index (κ1) is 20.7. The standard InChI is InChI=1S/C19H26N4O4S/c1-26-13-17-21-22-18(28-17)20-16(24)12-23-10-5-8-19(25,9-11-23)14-27-15-6-3-2-4-7-15/h2-4,6-7,25H,5,8-14H2,1H3,(H,20,22,24)/t19-/m0/s1. The van der Waals surface area contributed by atoms with Crippen LogP contribution in [0.5, 0.6) is 5.75 Å². The number of amides is 1. The average Bonchev–Trinajstić information content (AvgIpc) is 3.03. The van der Waals surface area contributed by atoms with Crippen molar-refractivity contribution in [2.24, 2.45) is 0 Å². The van der Waals surface area contributed by atoms with Crippen LogP contribution in [0.3, 0.4) is 0 Å². The fourth-order valence-electron chi connectivity index (χ4n) is 3.12. The molecule has 0 unspecified atom stereocenters. The molecular formula is C19H26N4O4S. The van der Waals surface area contributed by atoms with Gasteiger partial charge in [0.25, 0.3) is 0 Å². The van der Waals surface area contributed by atoms with Gasteiger partial charge in [0.15, 0.2) is 0 Å². The van der Waals surface area contributed by atoms with Crippen LogP contribution >= 0.6 is 11.3 Å². The monoisotopic (exact) mass is 406 g/mol. The molecule has 3 rings (SSSR count). The molecule has 1 aromatic heterocycles. The lowest BCUT2D eigenvalue weighted by molar-refractivity contribution is -0.117. The SMILES string of the molecule is COCc1nnc(NC(=O)CN2CCC[C@@](O)(COc3ccccc3)CC2)s1. The predicted octanol–water partition coefficient (Wildman–Crippen LogP) is 1.92. The molecule has 1 aliphatic rings. The van der Waals surface area contributed by atoms with E-state index in [4.69, 9.17) is 9.47 Å². The summed E-state index contributed by atoms with van der Waals surface area (Å²) in [6, 6.07) is 9.49. The van der Waals surface area contributed by atoms with Crippen molar-refractivity contribution >= 4 is 22.4 Å². The minimum atomic E-state index is -0.880. The Labute approximate surface area is 168 Å². The van der Waals surface area contributed by atoms with Gasteiger partial charge in [-0.25, -0.2) is 0 Å². The van der Waals surface area contributed by atoms with E-state index in [1.165, 1.54) is 11.3 Å². The molecule has 1 atom stereocenters. The van der Waals surface area contributed by atoms with Gasteiger partial charge in [-0.1, -0.05) is 29.5 Å². The highest BCUT2D eigenvalue weighted by molar-refractivity contribution is 7.15. The van der Waals surface area contributed by atoms with Crippen molar-refractivity contribution in [3.8, 4) is 5.75 Å². The molecule has 0 spiro atoms. The van der Waals surface area contributed by atoms with Crippen LogP contribution in [0.4, 0.5) is 5.13 Å². The number of aromatic nitrogens is 2. The van der Waals surface area contributed by atoms with E-state index in [9.17, 15) is 9.90 Å². The van der Waals surface area contributed by atoms with Crippen LogP contribution in [0.1, 0.15) is 24.3 Å². The van der Waals surface area contributed by atoms with Crippen molar-refractivity contribution in [3.05, 3.63) is 35.3 Å². The zero-order chi connectivity index (χ0) is 19.8. The van der Waals surface area contributed by atoms with Crippen LogP contribution < -0.4 is 10.1 Å². The number of nitrogens with zero attached hydrogens (tertiary/aromatic N) is 3. The number of ether oxygens (including phenoxy) is 2. The third-order valence-corrected chi connectivity index (χ3v) is 5.42. The lowest BCUT2D eigenvalue weighted by Gasteiger charge is -2.26. The Morgan fingerprint density at radius 1 is 1.29 bits per heavy atom. The van der Waals surface area contributed by atoms with Crippen LogP contribution in [-0.2, 0) is 16.1 Å². The molecular weight excluding hydrogens is 380 g/mol. The van der Waals surface area contributed by atoms with Crippen LogP contribution in [0, 0.1) is 0 Å². The highest BCUT2D eigenvalue weighted by atomic mass is 32.1. The van der Waals surface area contributed by atoms with E-state index in [-0.39, 0.29) is 19.1 Å². The topological polar surface area (TPSA) is 96.8 Å². The van der Waals surface area contributed by atoms with Gasteiger partial charge in [-0.15, -0.1) is 10.2 Å². The van der Waals surface area contributed by atoms with Crippen molar-refractivity contribution in [3.63, 3.8) is 0 Å². The summed E-state index contributed by atoms with van der Waals surface area (Å²) in [6.45, 7) is 2.28. The molecule has 0 bridgehead atoms. The van der Waals surface area contributed by atoms with E-state index < -0.39 is 5.60 Å². The van der Waals surface area contributed by atoms with Crippen molar-refractivity contribution in [2.45, 2.75) is 31.5 Å². The second-order valence-corrected chi connectivity index (χ2v) is 8.00. The molecule has 2 heterocycles. The van der Waals surface area contributed by atoms with Crippen molar-refractivity contribution in [1.82, 2.24) is 15.1 Å². The van der Waals surface area contributed by atoms with Gasteiger partial charge in [0, 0.05) is 13.7 Å². The molecule has 2 N–H and O–H groups in total. The fraction of sp³-hybridized carbons (Fsp3) is 0.526. The van der Waals surface area contributed by atoms with Gasteiger partial charge in [-0.3, -0.25) is 15.0 Å². The first-order valence-electron chi connectivity index (χ1n) is 9.30. The Morgan fingerprint density at radius 2 is 2.11 bits per heavy atom. The number of methoxy groups -OCH3 is 1. The number of carbonyl (C=O) groups excluding carboxylic acids is 1. The van der Waals surface area contributed by atoms with Crippen molar-refractivity contribution < 1.29 is 19.4 Å². The number of aliphatic hydroxyl groups is 1.